The number of H-pyrrole nitrogens is 1. The molecule has 3 rings (SSSR count). The van der Waals surface area contributed by atoms with Gasteiger partial charge in [0.1, 0.15) is 0 Å². The maximum absolute atomic E-state index is 3.51. The van der Waals surface area contributed by atoms with E-state index in [9.17, 15) is 0 Å². The fraction of sp³-hybridized carbons (Fsp3) is 0.385. The van der Waals surface area contributed by atoms with Gasteiger partial charge in [0.2, 0.25) is 0 Å². The van der Waals surface area contributed by atoms with Crippen LogP contribution in [-0.4, -0.2) is 18.1 Å². The SMILES string of the molecule is Brc1ccc2c(C3CCCNC3)c[nH]c2c1. The molecule has 3 heteroatoms. The van der Waals surface area contributed by atoms with E-state index >= 15 is 0 Å². The van der Waals surface area contributed by atoms with Gasteiger partial charge in [0.05, 0.1) is 0 Å². The van der Waals surface area contributed by atoms with Gasteiger partial charge in [-0.2, -0.15) is 0 Å². The number of nitrogens with one attached hydrogen (secondary N) is 2. The fourth-order valence-corrected chi connectivity index (χ4v) is 2.94. The van der Waals surface area contributed by atoms with E-state index < -0.39 is 0 Å². The standard InChI is InChI=1S/C13H15BrN2/c14-10-3-4-11-12(8-16-13(11)6-10)9-2-1-5-15-7-9/h3-4,6,8-9,15-16H,1-2,5,7H2. The number of hydrogen-bond donors (Lipinski definition) is 2. The van der Waals surface area contributed by atoms with Crippen LogP contribution < -0.4 is 5.32 Å². The molecule has 0 saturated carbocycles. The molecule has 1 aromatic heterocycles. The van der Waals surface area contributed by atoms with Crippen molar-refractivity contribution in [2.75, 3.05) is 13.1 Å². The van der Waals surface area contributed by atoms with Gasteiger partial charge in [-0.3, -0.25) is 0 Å². The lowest BCUT2D eigenvalue weighted by Gasteiger charge is -2.22. The molecule has 1 saturated heterocycles. The van der Waals surface area contributed by atoms with Crippen LogP contribution in [-0.2, 0) is 0 Å². The number of benzene rings is 1. The molecule has 0 amide bonds. The summed E-state index contributed by atoms with van der Waals surface area (Å²) in [5, 5.41) is 4.85. The molecule has 0 radical (unpaired) electrons. The number of halogens is 1. The largest absolute Gasteiger partial charge is 0.361 e. The summed E-state index contributed by atoms with van der Waals surface area (Å²) in [6, 6.07) is 6.48. The molecule has 84 valence electrons. The molecule has 1 aliphatic heterocycles. The van der Waals surface area contributed by atoms with Crippen LogP contribution in [0.4, 0.5) is 0 Å². The number of piperidine rings is 1. The summed E-state index contributed by atoms with van der Waals surface area (Å²) in [5.74, 6) is 0.670. The van der Waals surface area contributed by atoms with E-state index in [0.29, 0.717) is 5.92 Å². The van der Waals surface area contributed by atoms with Crippen molar-refractivity contribution < 1.29 is 0 Å². The molecule has 2 heterocycles. The van der Waals surface area contributed by atoms with Gasteiger partial charge in [0, 0.05) is 28.1 Å². The molecule has 0 spiro atoms. The molecule has 2 aromatic rings. The highest BCUT2D eigenvalue weighted by molar-refractivity contribution is 9.10. The Hall–Kier alpha value is -0.800. The van der Waals surface area contributed by atoms with Crippen molar-refractivity contribution in [1.82, 2.24) is 10.3 Å². The lowest BCUT2D eigenvalue weighted by Crippen LogP contribution is -2.28. The number of hydrogen-bond acceptors (Lipinski definition) is 1. The molecular formula is C13H15BrN2. The molecule has 1 aliphatic rings. The fourth-order valence-electron chi connectivity index (χ4n) is 2.58. The molecule has 2 nitrogen and oxygen atoms in total. The predicted molar refractivity (Wildman–Crippen MR) is 70.8 cm³/mol. The van der Waals surface area contributed by atoms with E-state index in [1.54, 1.807) is 0 Å². The van der Waals surface area contributed by atoms with E-state index in [1.807, 2.05) is 0 Å². The Morgan fingerprint density at radius 3 is 3.06 bits per heavy atom. The summed E-state index contributed by atoms with van der Waals surface area (Å²) >= 11 is 3.51. The van der Waals surface area contributed by atoms with Crippen LogP contribution >= 0.6 is 15.9 Å². The van der Waals surface area contributed by atoms with E-state index in [4.69, 9.17) is 0 Å². The molecule has 1 atom stereocenters. The topological polar surface area (TPSA) is 27.8 Å². The molecule has 0 aliphatic carbocycles. The first kappa shape index (κ1) is 10.4. The van der Waals surface area contributed by atoms with E-state index in [1.165, 1.54) is 35.9 Å². The highest BCUT2D eigenvalue weighted by Gasteiger charge is 2.18. The minimum absolute atomic E-state index is 0.670. The van der Waals surface area contributed by atoms with Crippen molar-refractivity contribution >= 4 is 26.8 Å². The Bertz CT molecular complexity index is 498. The Balaban J connectivity index is 2.03. The monoisotopic (exact) mass is 278 g/mol. The Morgan fingerprint density at radius 1 is 1.31 bits per heavy atom. The van der Waals surface area contributed by atoms with Gasteiger partial charge in [-0.25, -0.2) is 0 Å². The van der Waals surface area contributed by atoms with Gasteiger partial charge < -0.3 is 10.3 Å². The van der Waals surface area contributed by atoms with Crippen molar-refractivity contribution in [3.8, 4) is 0 Å². The maximum Gasteiger partial charge on any atom is 0.0468 e. The molecule has 16 heavy (non-hydrogen) atoms. The quantitative estimate of drug-likeness (QED) is 0.822. The third-order valence-electron chi connectivity index (χ3n) is 3.41. The second kappa shape index (κ2) is 4.22. The molecule has 1 unspecified atom stereocenters. The Kier molecular flexibility index (Phi) is 2.74. The minimum atomic E-state index is 0.670. The third-order valence-corrected chi connectivity index (χ3v) is 3.91. The zero-order valence-electron chi connectivity index (χ0n) is 9.09. The van der Waals surface area contributed by atoms with Crippen molar-refractivity contribution in [1.29, 1.82) is 0 Å². The lowest BCUT2D eigenvalue weighted by atomic mass is 9.91. The first-order valence-electron chi connectivity index (χ1n) is 5.82. The predicted octanol–water partition coefficient (Wildman–Crippen LogP) is 3.40. The minimum Gasteiger partial charge on any atom is -0.361 e. The molecule has 1 aromatic carbocycles. The summed E-state index contributed by atoms with van der Waals surface area (Å²) in [6.45, 7) is 2.29. The summed E-state index contributed by atoms with van der Waals surface area (Å²) in [5.41, 5.74) is 2.70. The summed E-state index contributed by atoms with van der Waals surface area (Å²) in [6.07, 6.45) is 4.76. The molecule has 1 fully saturated rings. The second-order valence-corrected chi connectivity index (χ2v) is 5.39. The molecule has 2 N–H and O–H groups in total. The zero-order chi connectivity index (χ0) is 11.0. The Morgan fingerprint density at radius 2 is 2.25 bits per heavy atom. The maximum atomic E-state index is 3.51. The van der Waals surface area contributed by atoms with Crippen LogP contribution in [0, 0.1) is 0 Å². The number of aromatic amines is 1. The first-order valence-corrected chi connectivity index (χ1v) is 6.61. The van der Waals surface area contributed by atoms with E-state index in [0.717, 1.165) is 11.0 Å². The van der Waals surface area contributed by atoms with Crippen molar-refractivity contribution in [2.45, 2.75) is 18.8 Å². The zero-order valence-corrected chi connectivity index (χ0v) is 10.7. The number of fused-ring (bicyclic) bond motifs is 1. The first-order chi connectivity index (χ1) is 7.84. The van der Waals surface area contributed by atoms with Crippen LogP contribution in [0.2, 0.25) is 0 Å². The van der Waals surface area contributed by atoms with Gasteiger partial charge in [0.15, 0.2) is 0 Å². The lowest BCUT2D eigenvalue weighted by molar-refractivity contribution is 0.463. The summed E-state index contributed by atoms with van der Waals surface area (Å²) in [7, 11) is 0. The number of aromatic nitrogens is 1. The van der Waals surface area contributed by atoms with Crippen molar-refractivity contribution in [3.05, 3.63) is 34.4 Å². The van der Waals surface area contributed by atoms with Gasteiger partial charge in [-0.1, -0.05) is 22.0 Å². The van der Waals surface area contributed by atoms with Crippen molar-refractivity contribution in [3.63, 3.8) is 0 Å². The van der Waals surface area contributed by atoms with Gasteiger partial charge >= 0.3 is 0 Å². The van der Waals surface area contributed by atoms with E-state index in [2.05, 4.69) is 50.6 Å². The highest BCUT2D eigenvalue weighted by atomic mass is 79.9. The summed E-state index contributed by atoms with van der Waals surface area (Å²) < 4.78 is 1.13. The Labute approximate surface area is 104 Å². The third kappa shape index (κ3) is 1.78. The normalized spacial score (nSPS) is 21.4. The highest BCUT2D eigenvalue weighted by Crippen LogP contribution is 2.31. The van der Waals surface area contributed by atoms with Gasteiger partial charge in [-0.15, -0.1) is 0 Å². The number of rotatable bonds is 1. The van der Waals surface area contributed by atoms with Crippen molar-refractivity contribution in [2.24, 2.45) is 0 Å². The van der Waals surface area contributed by atoms with Gasteiger partial charge in [-0.05, 0) is 43.0 Å². The van der Waals surface area contributed by atoms with Crippen LogP contribution in [0.1, 0.15) is 24.3 Å². The van der Waals surface area contributed by atoms with E-state index in [-0.39, 0.29) is 0 Å². The molecular weight excluding hydrogens is 264 g/mol. The molecule has 0 bridgehead atoms. The van der Waals surface area contributed by atoms with Crippen LogP contribution in [0.3, 0.4) is 0 Å². The average Bonchev–Trinajstić information content (AvgIpc) is 2.73. The van der Waals surface area contributed by atoms with Gasteiger partial charge in [0.25, 0.3) is 0 Å². The van der Waals surface area contributed by atoms with Crippen LogP contribution in [0.15, 0.2) is 28.9 Å². The van der Waals surface area contributed by atoms with Crippen LogP contribution in [0.5, 0.6) is 0 Å². The van der Waals surface area contributed by atoms with Crippen LogP contribution in [0.25, 0.3) is 10.9 Å². The average molecular weight is 279 g/mol. The summed E-state index contributed by atoms with van der Waals surface area (Å²) in [4.78, 5) is 3.37. The smallest absolute Gasteiger partial charge is 0.0468 e. The second-order valence-electron chi connectivity index (χ2n) is 4.48.